The number of rotatable bonds is 48. The predicted octanol–water partition coefficient (Wildman–Crippen LogP) is 15.8. The molecule has 68 heavy (non-hydrogen) atoms. The van der Waals surface area contributed by atoms with Gasteiger partial charge in [-0.15, -0.1) is 0 Å². The fourth-order valence-electron chi connectivity index (χ4n) is 7.21. The van der Waals surface area contributed by atoms with Crippen LogP contribution in [0.4, 0.5) is 0 Å². The number of aliphatic hydroxyl groups is 1. The molecule has 0 aliphatic rings. The summed E-state index contributed by atoms with van der Waals surface area (Å²) in [4.78, 5) is 25.4. The minimum atomic E-state index is -4.61. The summed E-state index contributed by atoms with van der Waals surface area (Å²) in [5.74, 6) is -0.216. The first-order valence-corrected chi connectivity index (χ1v) is 28.7. The number of allylic oxidation sites excluding steroid dienone is 17. The molecule has 3 atom stereocenters. The van der Waals surface area contributed by atoms with Gasteiger partial charge in [-0.3, -0.25) is 9.36 Å². The van der Waals surface area contributed by atoms with Gasteiger partial charge in [-0.05, 0) is 89.9 Å². The summed E-state index contributed by atoms with van der Waals surface area (Å²) in [5.41, 5.74) is 0. The maximum Gasteiger partial charge on any atom is 0.268 e. The molecule has 1 amide bonds. The van der Waals surface area contributed by atoms with Crippen molar-refractivity contribution in [1.29, 1.82) is 0 Å². The molecule has 0 bridgehead atoms. The number of amides is 1. The van der Waals surface area contributed by atoms with Crippen LogP contribution in [0.15, 0.2) is 109 Å². The van der Waals surface area contributed by atoms with E-state index < -0.39 is 26.6 Å². The third-order valence-corrected chi connectivity index (χ3v) is 12.4. The van der Waals surface area contributed by atoms with Crippen LogP contribution in [0, 0.1) is 0 Å². The second-order valence-electron chi connectivity index (χ2n) is 19.2. The fourth-order valence-corrected chi connectivity index (χ4v) is 7.93. The van der Waals surface area contributed by atoms with Gasteiger partial charge in [0.2, 0.25) is 5.91 Å². The first kappa shape index (κ1) is 65.2. The van der Waals surface area contributed by atoms with E-state index in [2.05, 4.69) is 116 Å². The zero-order chi connectivity index (χ0) is 49.9. The maximum atomic E-state index is 12.9. The lowest BCUT2D eigenvalue weighted by Gasteiger charge is -2.29. The lowest BCUT2D eigenvalue weighted by Crippen LogP contribution is -2.45. The number of carbonyl (C=O) groups excluding carboxylic acids is 1. The second-order valence-corrected chi connectivity index (χ2v) is 20.6. The number of unbranched alkanes of at least 4 members (excludes halogenated alkanes) is 19. The summed E-state index contributed by atoms with van der Waals surface area (Å²) < 4.78 is 23.2. The zero-order valence-electron chi connectivity index (χ0n) is 44.3. The molecule has 0 aromatic carbocycles. The number of quaternary nitrogens is 1. The van der Waals surface area contributed by atoms with Gasteiger partial charge in [-0.2, -0.15) is 0 Å². The molecular weight excluding hydrogens is 864 g/mol. The molecule has 0 aromatic heterocycles. The molecule has 0 fully saturated rings. The third kappa shape index (κ3) is 51.0. The van der Waals surface area contributed by atoms with E-state index in [-0.39, 0.29) is 12.5 Å². The van der Waals surface area contributed by atoms with E-state index in [0.717, 1.165) is 83.5 Å². The number of phosphoric acid groups is 1. The molecule has 9 heteroatoms. The number of nitrogens with one attached hydrogen (secondary N) is 1. The first-order valence-electron chi connectivity index (χ1n) is 27.2. The van der Waals surface area contributed by atoms with Crippen molar-refractivity contribution >= 4 is 13.7 Å². The topological polar surface area (TPSA) is 108 Å². The van der Waals surface area contributed by atoms with Crippen LogP contribution in [0.1, 0.15) is 206 Å². The molecule has 0 spiro atoms. The van der Waals surface area contributed by atoms with E-state index in [1.807, 2.05) is 27.2 Å². The van der Waals surface area contributed by atoms with Gasteiger partial charge in [-0.1, -0.05) is 220 Å². The Balaban J connectivity index is 4.17. The van der Waals surface area contributed by atoms with E-state index in [1.54, 1.807) is 6.08 Å². The van der Waals surface area contributed by atoms with Crippen molar-refractivity contribution in [3.63, 3.8) is 0 Å². The molecule has 0 aliphatic heterocycles. The standard InChI is InChI=1S/C59H103N2O6P/c1-6-8-10-12-14-16-18-20-21-22-23-24-25-26-27-28-29-30-31-32-33-34-35-36-37-38-39-41-43-45-47-49-51-53-59(63)60-57(56-67-68(64,65)66-55-54-61(3,4)5)58(62)52-50-48-46-44-42-40-19-17-15-13-11-9-7-2/h8,10,14,16,20-21,23-24,26-27,29-30,32-33,42,44,50,52,57-58,62H,6-7,9,11-13,15,17-19,22,25,28,31,34-41,43,45-49,51,53-56H2,1-5H3,(H-,60,63,64,65)/b10-8-,16-14-,21-20-,24-23-,27-26-,30-29-,33-32-,44-42+,52-50+. The molecule has 0 rings (SSSR count). The average Bonchev–Trinajstić information content (AvgIpc) is 3.30. The number of likely N-dealkylation sites (N-methyl/N-ethyl adjacent to an activating group) is 1. The van der Waals surface area contributed by atoms with E-state index in [9.17, 15) is 19.4 Å². The van der Waals surface area contributed by atoms with Gasteiger partial charge in [0.1, 0.15) is 13.2 Å². The Labute approximate surface area is 419 Å². The predicted molar refractivity (Wildman–Crippen MR) is 292 cm³/mol. The smallest absolute Gasteiger partial charge is 0.268 e. The highest BCUT2D eigenvalue weighted by Crippen LogP contribution is 2.38. The molecule has 0 aromatic rings. The van der Waals surface area contributed by atoms with Crippen molar-refractivity contribution in [2.45, 2.75) is 219 Å². The second kappa shape index (κ2) is 49.2. The van der Waals surface area contributed by atoms with E-state index in [4.69, 9.17) is 9.05 Å². The number of carbonyl (C=O) groups is 1. The molecule has 0 heterocycles. The minimum Gasteiger partial charge on any atom is -0.756 e. The van der Waals surface area contributed by atoms with Gasteiger partial charge in [0.25, 0.3) is 7.82 Å². The van der Waals surface area contributed by atoms with Crippen LogP contribution in [0.2, 0.25) is 0 Å². The Bertz CT molecular complexity index is 1470. The quantitative estimate of drug-likeness (QED) is 0.0272. The van der Waals surface area contributed by atoms with Gasteiger partial charge in [0.05, 0.1) is 39.9 Å². The van der Waals surface area contributed by atoms with Gasteiger partial charge < -0.3 is 28.8 Å². The first-order chi connectivity index (χ1) is 33.0. The number of phosphoric ester groups is 1. The van der Waals surface area contributed by atoms with Crippen LogP contribution >= 0.6 is 7.82 Å². The zero-order valence-corrected chi connectivity index (χ0v) is 45.2. The highest BCUT2D eigenvalue weighted by molar-refractivity contribution is 7.45. The molecular formula is C59H103N2O6P. The number of hydrogen-bond acceptors (Lipinski definition) is 6. The Kier molecular flexibility index (Phi) is 47.1. The largest absolute Gasteiger partial charge is 0.756 e. The summed E-state index contributed by atoms with van der Waals surface area (Å²) in [5, 5.41) is 13.8. The van der Waals surface area contributed by atoms with Crippen LogP contribution in [0.5, 0.6) is 0 Å². The van der Waals surface area contributed by atoms with Crippen LogP contribution in [-0.4, -0.2) is 68.5 Å². The summed E-state index contributed by atoms with van der Waals surface area (Å²) in [7, 11) is 1.23. The highest BCUT2D eigenvalue weighted by atomic mass is 31.2. The van der Waals surface area contributed by atoms with Crippen molar-refractivity contribution in [3.8, 4) is 0 Å². The number of nitrogens with zero attached hydrogens (tertiary/aromatic N) is 1. The number of hydrogen-bond donors (Lipinski definition) is 2. The third-order valence-electron chi connectivity index (χ3n) is 11.5. The van der Waals surface area contributed by atoms with E-state index in [1.165, 1.54) is 103 Å². The normalized spacial score (nSPS) is 14.9. The van der Waals surface area contributed by atoms with Crippen LogP contribution in [0.3, 0.4) is 0 Å². The molecule has 2 N–H and O–H groups in total. The molecule has 390 valence electrons. The van der Waals surface area contributed by atoms with Crippen LogP contribution in [0.25, 0.3) is 0 Å². The number of aliphatic hydroxyl groups excluding tert-OH is 1. The van der Waals surface area contributed by atoms with Crippen molar-refractivity contribution in [2.24, 2.45) is 0 Å². The molecule has 0 saturated heterocycles. The summed E-state index contributed by atoms with van der Waals surface area (Å²) in [6.07, 6.45) is 71.6. The monoisotopic (exact) mass is 967 g/mol. The van der Waals surface area contributed by atoms with E-state index >= 15 is 0 Å². The summed E-state index contributed by atoms with van der Waals surface area (Å²) in [6.45, 7) is 4.48. The minimum absolute atomic E-state index is 0.0119. The maximum absolute atomic E-state index is 12.9. The van der Waals surface area contributed by atoms with Crippen molar-refractivity contribution in [3.05, 3.63) is 109 Å². The van der Waals surface area contributed by atoms with Gasteiger partial charge >= 0.3 is 0 Å². The van der Waals surface area contributed by atoms with Crippen LogP contribution in [-0.2, 0) is 18.4 Å². The molecule has 8 nitrogen and oxygen atoms in total. The Morgan fingerprint density at radius 3 is 1.37 bits per heavy atom. The molecule has 0 radical (unpaired) electrons. The molecule has 3 unspecified atom stereocenters. The van der Waals surface area contributed by atoms with Gasteiger partial charge in [0, 0.05) is 6.42 Å². The summed E-state index contributed by atoms with van der Waals surface area (Å²) in [6, 6.07) is -0.911. The van der Waals surface area contributed by atoms with Gasteiger partial charge in [-0.25, -0.2) is 0 Å². The lowest BCUT2D eigenvalue weighted by molar-refractivity contribution is -0.870. The molecule has 0 aliphatic carbocycles. The van der Waals surface area contributed by atoms with E-state index in [0.29, 0.717) is 17.4 Å². The van der Waals surface area contributed by atoms with Crippen molar-refractivity contribution < 1.29 is 32.9 Å². The Hall–Kier alpha value is -2.84. The Morgan fingerprint density at radius 1 is 0.529 bits per heavy atom. The SMILES string of the molecule is CC/C=C\C/C=C\C/C=C\C/C=C\C/C=C\C/C=C\C/C=C\CCCCCCCCCCCCCC(=O)NC(COP(=O)([O-])OCC[N+](C)(C)C)C(O)/C=C/CC/C=C/CCCCCCCCC. The van der Waals surface area contributed by atoms with Crippen LogP contribution < -0.4 is 10.2 Å². The summed E-state index contributed by atoms with van der Waals surface area (Å²) >= 11 is 0. The van der Waals surface area contributed by atoms with Crippen molar-refractivity contribution in [1.82, 2.24) is 5.32 Å². The Morgan fingerprint density at radius 2 is 0.912 bits per heavy atom. The molecule has 0 saturated carbocycles. The van der Waals surface area contributed by atoms with Gasteiger partial charge in [0.15, 0.2) is 0 Å². The van der Waals surface area contributed by atoms with Crippen molar-refractivity contribution in [2.75, 3.05) is 40.9 Å². The average molecular weight is 967 g/mol. The fraction of sp³-hybridized carbons (Fsp3) is 0.678. The highest BCUT2D eigenvalue weighted by Gasteiger charge is 2.23. The lowest BCUT2D eigenvalue weighted by atomic mass is 10.0.